The molecule has 3 aromatic rings. The minimum Gasteiger partial charge on any atom is -0.298 e. The van der Waals surface area contributed by atoms with Gasteiger partial charge in [-0.05, 0) is 31.0 Å². The van der Waals surface area contributed by atoms with E-state index >= 15 is 0 Å². The van der Waals surface area contributed by atoms with Crippen molar-refractivity contribution in [1.29, 1.82) is 0 Å². The van der Waals surface area contributed by atoms with E-state index in [4.69, 9.17) is 0 Å². The summed E-state index contributed by atoms with van der Waals surface area (Å²) in [5.74, 6) is 0.583. The SMILES string of the molecule is O=C(Nc1nccs1)c1ccc2c(=O)n3c(nc2c1)CCCCCC3. The smallest absolute Gasteiger partial charge is 0.261 e. The van der Waals surface area contributed by atoms with Crippen LogP contribution in [-0.4, -0.2) is 20.4 Å². The van der Waals surface area contributed by atoms with Crippen molar-refractivity contribution in [3.63, 3.8) is 0 Å². The maximum absolute atomic E-state index is 12.8. The van der Waals surface area contributed by atoms with E-state index in [1.54, 1.807) is 34.3 Å². The van der Waals surface area contributed by atoms with Crippen molar-refractivity contribution in [3.8, 4) is 0 Å². The molecule has 0 fully saturated rings. The Morgan fingerprint density at radius 1 is 1.20 bits per heavy atom. The van der Waals surface area contributed by atoms with Crippen molar-refractivity contribution in [2.45, 2.75) is 38.6 Å². The summed E-state index contributed by atoms with van der Waals surface area (Å²) >= 11 is 1.36. The zero-order valence-electron chi connectivity index (χ0n) is 13.7. The molecule has 1 N–H and O–H groups in total. The number of nitrogens with zero attached hydrogens (tertiary/aromatic N) is 3. The normalized spacial score (nSPS) is 14.6. The van der Waals surface area contributed by atoms with Gasteiger partial charge < -0.3 is 0 Å². The zero-order chi connectivity index (χ0) is 17.2. The van der Waals surface area contributed by atoms with Crippen molar-refractivity contribution in [2.24, 2.45) is 0 Å². The molecule has 0 aliphatic carbocycles. The Balaban J connectivity index is 1.74. The lowest BCUT2D eigenvalue weighted by atomic mass is 10.1. The maximum atomic E-state index is 12.8. The van der Waals surface area contributed by atoms with Gasteiger partial charge in [-0.2, -0.15) is 0 Å². The molecule has 7 heteroatoms. The van der Waals surface area contributed by atoms with Crippen molar-refractivity contribution >= 4 is 33.3 Å². The monoisotopic (exact) mass is 354 g/mol. The number of carbonyl (C=O) groups excluding carboxylic acids is 1. The first-order valence-electron chi connectivity index (χ1n) is 8.47. The molecule has 3 heterocycles. The Morgan fingerprint density at radius 2 is 2.08 bits per heavy atom. The summed E-state index contributed by atoms with van der Waals surface area (Å²) in [6.07, 6.45) is 6.82. The highest BCUT2D eigenvalue weighted by Crippen LogP contribution is 2.18. The molecule has 0 atom stereocenters. The standard InChI is InChI=1S/C18H18N4O2S/c23-16(21-18-19-8-10-25-18)12-6-7-13-14(11-12)20-15-5-3-1-2-4-9-22(15)17(13)24/h6-8,10-11H,1-5,9H2,(H,19,21,23). The van der Waals surface area contributed by atoms with Crippen molar-refractivity contribution in [1.82, 2.24) is 14.5 Å². The Kier molecular flexibility index (Phi) is 4.31. The molecule has 4 rings (SSSR count). The number of aromatic nitrogens is 3. The fourth-order valence-electron chi connectivity index (χ4n) is 3.19. The predicted molar refractivity (Wildman–Crippen MR) is 98.2 cm³/mol. The Labute approximate surface area is 148 Å². The Morgan fingerprint density at radius 3 is 2.92 bits per heavy atom. The van der Waals surface area contributed by atoms with Crippen LogP contribution >= 0.6 is 11.3 Å². The third-order valence-electron chi connectivity index (χ3n) is 4.48. The Hall–Kier alpha value is -2.54. The molecule has 0 saturated carbocycles. The molecule has 0 radical (unpaired) electrons. The molecule has 6 nitrogen and oxygen atoms in total. The van der Waals surface area contributed by atoms with Crippen LogP contribution in [0.5, 0.6) is 0 Å². The van der Waals surface area contributed by atoms with Gasteiger partial charge >= 0.3 is 0 Å². The largest absolute Gasteiger partial charge is 0.298 e. The molecular formula is C18H18N4O2S. The van der Waals surface area contributed by atoms with E-state index in [9.17, 15) is 9.59 Å². The van der Waals surface area contributed by atoms with E-state index in [-0.39, 0.29) is 11.5 Å². The molecule has 1 aliphatic rings. The van der Waals surface area contributed by atoms with E-state index < -0.39 is 0 Å². The number of thiazole rings is 1. The minimum absolute atomic E-state index is 0.00576. The van der Waals surface area contributed by atoms with Gasteiger partial charge in [-0.1, -0.05) is 12.8 Å². The molecule has 1 aliphatic heterocycles. The van der Waals surface area contributed by atoms with Gasteiger partial charge in [-0.3, -0.25) is 19.5 Å². The summed E-state index contributed by atoms with van der Waals surface area (Å²) in [5, 5.41) is 5.67. The number of aryl methyl sites for hydroxylation is 1. The number of carbonyl (C=O) groups is 1. The van der Waals surface area contributed by atoms with Gasteiger partial charge in [0.25, 0.3) is 11.5 Å². The number of anilines is 1. The van der Waals surface area contributed by atoms with Crippen molar-refractivity contribution < 1.29 is 4.79 Å². The topological polar surface area (TPSA) is 76.9 Å². The van der Waals surface area contributed by atoms with E-state index in [0.29, 0.717) is 21.6 Å². The molecule has 2 aromatic heterocycles. The number of rotatable bonds is 2. The number of hydrogen-bond donors (Lipinski definition) is 1. The van der Waals surface area contributed by atoms with Crippen LogP contribution in [0.4, 0.5) is 5.13 Å². The highest BCUT2D eigenvalue weighted by atomic mass is 32.1. The lowest BCUT2D eigenvalue weighted by molar-refractivity contribution is 0.102. The quantitative estimate of drug-likeness (QED) is 0.766. The summed E-state index contributed by atoms with van der Waals surface area (Å²) < 4.78 is 1.80. The van der Waals surface area contributed by atoms with E-state index in [1.165, 1.54) is 17.8 Å². The van der Waals surface area contributed by atoms with Crippen LogP contribution in [-0.2, 0) is 13.0 Å². The van der Waals surface area contributed by atoms with Crippen LogP contribution in [0.15, 0.2) is 34.6 Å². The number of benzene rings is 1. The maximum Gasteiger partial charge on any atom is 0.261 e. The van der Waals surface area contributed by atoms with Gasteiger partial charge in [0.05, 0.1) is 10.9 Å². The van der Waals surface area contributed by atoms with Crippen LogP contribution in [0, 0.1) is 0 Å². The predicted octanol–water partition coefficient (Wildman–Crippen LogP) is 3.22. The summed E-state index contributed by atoms with van der Waals surface area (Å²) in [7, 11) is 0. The lowest BCUT2D eigenvalue weighted by Gasteiger charge is -2.16. The van der Waals surface area contributed by atoms with Crippen molar-refractivity contribution in [2.75, 3.05) is 5.32 Å². The molecule has 0 bridgehead atoms. The molecule has 1 aromatic carbocycles. The fraction of sp³-hybridized carbons (Fsp3) is 0.333. The molecule has 128 valence electrons. The summed E-state index contributed by atoms with van der Waals surface area (Å²) in [4.78, 5) is 33.9. The van der Waals surface area contributed by atoms with E-state index in [2.05, 4.69) is 15.3 Å². The minimum atomic E-state index is -0.245. The van der Waals surface area contributed by atoms with Gasteiger partial charge in [-0.15, -0.1) is 11.3 Å². The molecule has 0 saturated heterocycles. The van der Waals surface area contributed by atoms with Gasteiger partial charge in [0.1, 0.15) is 5.82 Å². The van der Waals surface area contributed by atoms with Gasteiger partial charge in [0, 0.05) is 30.1 Å². The average molecular weight is 354 g/mol. The molecule has 0 spiro atoms. The Bertz CT molecular complexity index is 979. The van der Waals surface area contributed by atoms with Crippen LogP contribution in [0.1, 0.15) is 41.9 Å². The highest BCUT2D eigenvalue weighted by Gasteiger charge is 2.15. The van der Waals surface area contributed by atoms with E-state index in [0.717, 1.165) is 38.1 Å². The number of amides is 1. The molecule has 1 amide bonds. The first kappa shape index (κ1) is 16.0. The number of hydrogen-bond acceptors (Lipinski definition) is 5. The van der Waals surface area contributed by atoms with Gasteiger partial charge in [0.15, 0.2) is 5.13 Å². The second kappa shape index (κ2) is 6.76. The number of nitrogens with one attached hydrogen (secondary N) is 1. The third-order valence-corrected chi connectivity index (χ3v) is 5.17. The summed E-state index contributed by atoms with van der Waals surface area (Å²) in [5.41, 5.74) is 1.06. The second-order valence-electron chi connectivity index (χ2n) is 6.17. The lowest BCUT2D eigenvalue weighted by Crippen LogP contribution is -2.26. The van der Waals surface area contributed by atoms with E-state index in [1.807, 2.05) is 0 Å². The second-order valence-corrected chi connectivity index (χ2v) is 7.07. The van der Waals surface area contributed by atoms with Crippen LogP contribution < -0.4 is 10.9 Å². The zero-order valence-corrected chi connectivity index (χ0v) is 14.5. The van der Waals surface area contributed by atoms with Crippen LogP contribution in [0.3, 0.4) is 0 Å². The van der Waals surface area contributed by atoms with Gasteiger partial charge in [0.2, 0.25) is 0 Å². The first-order valence-corrected chi connectivity index (χ1v) is 9.35. The number of fused-ring (bicyclic) bond motifs is 2. The summed E-state index contributed by atoms with van der Waals surface area (Å²) in [6, 6.07) is 5.07. The van der Waals surface area contributed by atoms with Crippen molar-refractivity contribution in [3.05, 3.63) is 51.5 Å². The molecule has 0 unspecified atom stereocenters. The highest BCUT2D eigenvalue weighted by molar-refractivity contribution is 7.13. The molecule has 25 heavy (non-hydrogen) atoms. The van der Waals surface area contributed by atoms with Crippen LogP contribution in [0.25, 0.3) is 10.9 Å². The average Bonchev–Trinajstić information content (AvgIpc) is 3.09. The fourth-order valence-corrected chi connectivity index (χ4v) is 3.71. The molecular weight excluding hydrogens is 336 g/mol. The first-order chi connectivity index (χ1) is 12.2. The van der Waals surface area contributed by atoms with Gasteiger partial charge in [-0.25, -0.2) is 9.97 Å². The van der Waals surface area contributed by atoms with Crippen LogP contribution in [0.2, 0.25) is 0 Å². The third kappa shape index (κ3) is 3.19. The summed E-state index contributed by atoms with van der Waals surface area (Å²) in [6.45, 7) is 0.726.